The second-order valence-corrected chi connectivity index (χ2v) is 10.2. The zero-order valence-corrected chi connectivity index (χ0v) is 20.8. The summed E-state index contributed by atoms with van der Waals surface area (Å²) in [5.74, 6) is 0.340. The Hall–Kier alpha value is -3.05. The molecule has 1 heterocycles. The van der Waals surface area contributed by atoms with Gasteiger partial charge < -0.3 is 14.8 Å². The number of carbonyl (C=O) groups excluding carboxylic acids is 1. The number of aromatic nitrogens is 2. The average molecular weight is 499 g/mol. The molecule has 186 valence electrons. The first kappa shape index (κ1) is 25.1. The summed E-state index contributed by atoms with van der Waals surface area (Å²) in [6.45, 7) is 0.948. The molecule has 3 aromatic rings. The van der Waals surface area contributed by atoms with Crippen LogP contribution in [0.1, 0.15) is 28.0 Å². The summed E-state index contributed by atoms with van der Waals surface area (Å²) >= 11 is 0. The molecule has 35 heavy (non-hydrogen) atoms. The largest absolute Gasteiger partial charge is 0.383 e. The summed E-state index contributed by atoms with van der Waals surface area (Å²) in [6.07, 6.45) is 2.74. The first-order valence-corrected chi connectivity index (χ1v) is 13.0. The van der Waals surface area contributed by atoms with E-state index in [0.717, 1.165) is 36.2 Å². The van der Waals surface area contributed by atoms with Crippen LogP contribution < -0.4 is 5.32 Å². The molecular weight excluding hydrogens is 468 g/mol. The maximum Gasteiger partial charge on any atom is 0.256 e. The van der Waals surface area contributed by atoms with Gasteiger partial charge in [-0.25, -0.2) is 13.1 Å². The summed E-state index contributed by atoms with van der Waals surface area (Å²) < 4.78 is 39.4. The van der Waals surface area contributed by atoms with Crippen molar-refractivity contribution in [1.29, 1.82) is 0 Å². The highest BCUT2D eigenvalue weighted by atomic mass is 32.2. The fraction of sp³-hybridized carbons (Fsp3) is 0.360. The molecule has 0 unspecified atom stereocenters. The maximum absolute atomic E-state index is 13.1. The highest BCUT2D eigenvalue weighted by Crippen LogP contribution is 2.31. The molecule has 1 aromatic heterocycles. The highest BCUT2D eigenvalue weighted by molar-refractivity contribution is 7.89. The zero-order chi connectivity index (χ0) is 24.8. The Balaban J connectivity index is 1.55. The van der Waals surface area contributed by atoms with E-state index in [1.165, 1.54) is 42.8 Å². The van der Waals surface area contributed by atoms with Crippen LogP contribution >= 0.6 is 0 Å². The van der Waals surface area contributed by atoms with Crippen LogP contribution in [0, 0.1) is 0 Å². The van der Waals surface area contributed by atoms with Gasteiger partial charge in [-0.3, -0.25) is 4.79 Å². The molecule has 0 aliphatic heterocycles. The van der Waals surface area contributed by atoms with Crippen LogP contribution in [0.4, 0.5) is 5.82 Å². The van der Waals surface area contributed by atoms with E-state index >= 15 is 0 Å². The van der Waals surface area contributed by atoms with E-state index < -0.39 is 10.0 Å². The van der Waals surface area contributed by atoms with Crippen molar-refractivity contribution in [2.75, 3.05) is 45.8 Å². The van der Waals surface area contributed by atoms with Crippen molar-refractivity contribution in [3.63, 3.8) is 0 Å². The van der Waals surface area contributed by atoms with E-state index in [2.05, 4.69) is 5.32 Å². The molecular formula is C25H30N4O5S. The van der Waals surface area contributed by atoms with Gasteiger partial charge in [-0.2, -0.15) is 9.40 Å². The lowest BCUT2D eigenvalue weighted by molar-refractivity contribution is 0.102. The van der Waals surface area contributed by atoms with Crippen molar-refractivity contribution < 1.29 is 22.7 Å². The number of ether oxygens (including phenoxy) is 2. The highest BCUT2D eigenvalue weighted by Gasteiger charge is 2.26. The number of hydrogen-bond donors (Lipinski definition) is 1. The van der Waals surface area contributed by atoms with Crippen LogP contribution in [0.2, 0.25) is 0 Å². The van der Waals surface area contributed by atoms with Crippen LogP contribution in [0.25, 0.3) is 5.69 Å². The van der Waals surface area contributed by atoms with Crippen molar-refractivity contribution in [2.24, 2.45) is 0 Å². The normalized spacial score (nSPS) is 13.2. The number of methoxy groups -OCH3 is 2. The van der Waals surface area contributed by atoms with Gasteiger partial charge in [0.05, 0.1) is 29.5 Å². The molecule has 1 N–H and O–H groups in total. The molecule has 0 saturated carbocycles. The number of aryl methyl sites for hydroxylation is 1. The van der Waals surface area contributed by atoms with Gasteiger partial charge in [0.1, 0.15) is 5.82 Å². The Morgan fingerprint density at radius 1 is 1.00 bits per heavy atom. The van der Waals surface area contributed by atoms with Gasteiger partial charge in [0.15, 0.2) is 0 Å². The summed E-state index contributed by atoms with van der Waals surface area (Å²) in [7, 11) is -0.718. The number of hydrogen-bond acceptors (Lipinski definition) is 6. The van der Waals surface area contributed by atoms with Gasteiger partial charge in [-0.05, 0) is 55.7 Å². The second-order valence-electron chi connectivity index (χ2n) is 8.24. The van der Waals surface area contributed by atoms with Crippen molar-refractivity contribution in [1.82, 2.24) is 14.1 Å². The van der Waals surface area contributed by atoms with E-state index in [1.54, 1.807) is 4.68 Å². The third-order valence-electron chi connectivity index (χ3n) is 5.98. The summed E-state index contributed by atoms with van der Waals surface area (Å²) in [5.41, 5.74) is 3.27. The lowest BCUT2D eigenvalue weighted by Crippen LogP contribution is -2.36. The summed E-state index contributed by atoms with van der Waals surface area (Å²) in [4.78, 5) is 13.2. The smallest absolute Gasteiger partial charge is 0.256 e. The van der Waals surface area contributed by atoms with Crippen LogP contribution in [0.5, 0.6) is 0 Å². The lowest BCUT2D eigenvalue weighted by atomic mass is 10.2. The number of anilines is 1. The standard InChI is InChI=1S/C25H30N4O5S/c1-33-17-15-28(16-18-34-2)35(31,32)21-13-11-19(12-14-21)25(30)26-24-22-9-6-10-23(22)27-29(24)20-7-4-3-5-8-20/h3-5,7-8,11-14H,6,9-10,15-18H2,1-2H3,(H,26,30). The van der Waals surface area contributed by atoms with E-state index in [4.69, 9.17) is 14.6 Å². The third kappa shape index (κ3) is 5.46. The Labute approximate surface area is 205 Å². The first-order chi connectivity index (χ1) is 17.0. The van der Waals surface area contributed by atoms with Crippen LogP contribution in [-0.4, -0.2) is 68.9 Å². The predicted octanol–water partition coefficient (Wildman–Crippen LogP) is 2.90. The van der Waals surface area contributed by atoms with Gasteiger partial charge in [0.25, 0.3) is 5.91 Å². The topological polar surface area (TPSA) is 103 Å². The fourth-order valence-corrected chi connectivity index (χ4v) is 5.53. The Kier molecular flexibility index (Phi) is 7.97. The number of rotatable bonds is 11. The van der Waals surface area contributed by atoms with E-state index in [1.807, 2.05) is 30.3 Å². The van der Waals surface area contributed by atoms with Crippen LogP contribution in [0.3, 0.4) is 0 Å². The first-order valence-electron chi connectivity index (χ1n) is 11.5. The average Bonchev–Trinajstić information content (AvgIpc) is 3.47. The van der Waals surface area contributed by atoms with Crippen molar-refractivity contribution >= 4 is 21.7 Å². The SMILES string of the molecule is COCCN(CCOC)S(=O)(=O)c1ccc(C(=O)Nc2c3c(nn2-c2ccccc2)CCC3)cc1. The predicted molar refractivity (Wildman–Crippen MR) is 132 cm³/mol. The van der Waals surface area contributed by atoms with E-state index in [-0.39, 0.29) is 37.1 Å². The molecule has 2 aromatic carbocycles. The van der Waals surface area contributed by atoms with E-state index in [9.17, 15) is 13.2 Å². The zero-order valence-electron chi connectivity index (χ0n) is 19.9. The molecule has 9 nitrogen and oxygen atoms in total. The number of benzene rings is 2. The summed E-state index contributed by atoms with van der Waals surface area (Å²) in [6, 6.07) is 15.6. The Bertz CT molecular complexity index is 1250. The molecule has 0 spiro atoms. The third-order valence-corrected chi connectivity index (χ3v) is 7.90. The number of amides is 1. The summed E-state index contributed by atoms with van der Waals surface area (Å²) in [5, 5.41) is 7.73. The van der Waals surface area contributed by atoms with Gasteiger partial charge in [-0.1, -0.05) is 18.2 Å². The minimum Gasteiger partial charge on any atom is -0.383 e. The maximum atomic E-state index is 13.1. The van der Waals surface area contributed by atoms with Crippen molar-refractivity contribution in [3.8, 4) is 5.69 Å². The number of para-hydroxylation sites is 1. The van der Waals surface area contributed by atoms with Gasteiger partial charge in [0.2, 0.25) is 10.0 Å². The molecule has 1 amide bonds. The molecule has 1 aliphatic carbocycles. The number of fused-ring (bicyclic) bond motifs is 1. The number of sulfonamides is 1. The van der Waals surface area contributed by atoms with Crippen LogP contribution in [0.15, 0.2) is 59.5 Å². The van der Waals surface area contributed by atoms with Crippen molar-refractivity contribution in [3.05, 3.63) is 71.4 Å². The number of carbonyl (C=O) groups is 1. The molecule has 10 heteroatoms. The minimum atomic E-state index is -3.76. The molecule has 0 fully saturated rings. The molecule has 0 atom stereocenters. The number of nitrogens with zero attached hydrogens (tertiary/aromatic N) is 3. The molecule has 0 radical (unpaired) electrons. The molecule has 1 aliphatic rings. The lowest BCUT2D eigenvalue weighted by Gasteiger charge is -2.21. The minimum absolute atomic E-state index is 0.108. The monoisotopic (exact) mass is 498 g/mol. The number of nitrogens with one attached hydrogen (secondary N) is 1. The Morgan fingerprint density at radius 3 is 2.29 bits per heavy atom. The van der Waals surface area contributed by atoms with Gasteiger partial charge >= 0.3 is 0 Å². The van der Waals surface area contributed by atoms with Crippen LogP contribution in [-0.2, 0) is 32.3 Å². The Morgan fingerprint density at radius 2 is 1.66 bits per heavy atom. The van der Waals surface area contributed by atoms with Crippen molar-refractivity contribution in [2.45, 2.75) is 24.2 Å². The molecule has 0 saturated heterocycles. The molecule has 0 bridgehead atoms. The van der Waals surface area contributed by atoms with Gasteiger partial charge in [0, 0.05) is 38.4 Å². The molecule has 4 rings (SSSR count). The second kappa shape index (κ2) is 11.1. The quantitative estimate of drug-likeness (QED) is 0.436. The van der Waals surface area contributed by atoms with E-state index in [0.29, 0.717) is 11.4 Å². The fourth-order valence-electron chi connectivity index (χ4n) is 4.12. The van der Waals surface area contributed by atoms with Gasteiger partial charge in [-0.15, -0.1) is 0 Å².